The Hall–Kier alpha value is -2.64. The number of amides is 1. The number of nitrogens with one attached hydrogen (secondary N) is 2. The predicted molar refractivity (Wildman–Crippen MR) is 122 cm³/mol. The van der Waals surface area contributed by atoms with Crippen LogP contribution >= 0.6 is 15.9 Å². The van der Waals surface area contributed by atoms with E-state index < -0.39 is 15.4 Å². The van der Waals surface area contributed by atoms with Crippen LogP contribution in [0.4, 0.5) is 11.4 Å². The number of hydrogen-bond acceptors (Lipinski definition) is 3. The monoisotopic (exact) mass is 484 g/mol. The minimum absolute atomic E-state index is 0.0437. The second-order valence-electron chi connectivity index (χ2n) is 7.54. The van der Waals surface area contributed by atoms with E-state index in [9.17, 15) is 13.2 Å². The van der Waals surface area contributed by atoms with Gasteiger partial charge in [0.25, 0.3) is 10.0 Å². The van der Waals surface area contributed by atoms with Crippen molar-refractivity contribution in [3.05, 3.63) is 88.4 Å². The van der Waals surface area contributed by atoms with Gasteiger partial charge in [0.15, 0.2) is 0 Å². The molecule has 5 nitrogen and oxygen atoms in total. The molecule has 4 rings (SSSR count). The van der Waals surface area contributed by atoms with Gasteiger partial charge in [-0.15, -0.1) is 0 Å². The van der Waals surface area contributed by atoms with Gasteiger partial charge in [-0.2, -0.15) is 0 Å². The summed E-state index contributed by atoms with van der Waals surface area (Å²) in [6.45, 7) is 1.90. The van der Waals surface area contributed by atoms with Crippen molar-refractivity contribution in [2.45, 2.75) is 30.1 Å². The van der Waals surface area contributed by atoms with Crippen molar-refractivity contribution in [2.24, 2.45) is 0 Å². The largest absolute Gasteiger partial charge is 0.325 e. The lowest BCUT2D eigenvalue weighted by atomic mass is 9.95. The van der Waals surface area contributed by atoms with Gasteiger partial charge >= 0.3 is 0 Å². The van der Waals surface area contributed by atoms with Gasteiger partial charge in [0.2, 0.25) is 5.91 Å². The number of carbonyl (C=O) groups excluding carboxylic acids is 1. The predicted octanol–water partition coefficient (Wildman–Crippen LogP) is 5.23. The van der Waals surface area contributed by atoms with Crippen LogP contribution < -0.4 is 10.0 Å². The molecule has 0 bridgehead atoms. The number of sulfonamides is 1. The van der Waals surface area contributed by atoms with Crippen molar-refractivity contribution >= 4 is 43.2 Å². The molecule has 1 aliphatic carbocycles. The first-order valence-electron chi connectivity index (χ1n) is 9.56. The van der Waals surface area contributed by atoms with Gasteiger partial charge in [-0.25, -0.2) is 8.42 Å². The number of aryl methyl sites for hydroxylation is 1. The van der Waals surface area contributed by atoms with Gasteiger partial charge in [0, 0.05) is 15.8 Å². The molecule has 1 saturated carbocycles. The Bertz CT molecular complexity index is 1170. The van der Waals surface area contributed by atoms with E-state index in [-0.39, 0.29) is 10.8 Å². The molecule has 30 heavy (non-hydrogen) atoms. The summed E-state index contributed by atoms with van der Waals surface area (Å²) in [5.41, 5.74) is 2.58. The molecule has 0 heterocycles. The van der Waals surface area contributed by atoms with Crippen molar-refractivity contribution in [3.63, 3.8) is 0 Å². The molecule has 0 saturated heterocycles. The fraction of sp³-hybridized carbons (Fsp3) is 0.174. The Balaban J connectivity index is 1.44. The molecule has 1 amide bonds. The van der Waals surface area contributed by atoms with E-state index in [1.807, 2.05) is 31.2 Å². The molecule has 2 N–H and O–H groups in total. The second-order valence-corrected chi connectivity index (χ2v) is 10.1. The molecule has 0 atom stereocenters. The van der Waals surface area contributed by atoms with E-state index >= 15 is 0 Å². The lowest BCUT2D eigenvalue weighted by Gasteiger charge is -2.16. The third kappa shape index (κ3) is 4.27. The second kappa shape index (κ2) is 7.89. The molecule has 1 aliphatic rings. The standard InChI is InChI=1S/C23H21BrN2O3S/c1-16-2-12-21(13-3-16)30(28,29)26-20-10-8-19(9-11-20)25-22(27)23(14-15-23)17-4-6-18(24)7-5-17/h2-13,26H,14-15H2,1H3,(H,25,27). The molecule has 3 aromatic rings. The number of halogens is 1. The maximum Gasteiger partial charge on any atom is 0.261 e. The molecule has 0 spiro atoms. The fourth-order valence-corrected chi connectivity index (χ4v) is 4.67. The topological polar surface area (TPSA) is 75.3 Å². The van der Waals surface area contributed by atoms with Crippen LogP contribution in [-0.2, 0) is 20.2 Å². The summed E-state index contributed by atoms with van der Waals surface area (Å²) >= 11 is 3.42. The van der Waals surface area contributed by atoms with Crippen molar-refractivity contribution in [1.82, 2.24) is 0 Å². The summed E-state index contributed by atoms with van der Waals surface area (Å²) in [6.07, 6.45) is 1.63. The third-order valence-corrected chi connectivity index (χ3v) is 7.23. The maximum absolute atomic E-state index is 12.9. The maximum atomic E-state index is 12.9. The minimum Gasteiger partial charge on any atom is -0.325 e. The van der Waals surface area contributed by atoms with E-state index in [0.29, 0.717) is 11.4 Å². The third-order valence-electron chi connectivity index (χ3n) is 5.31. The molecule has 0 unspecified atom stereocenters. The van der Waals surface area contributed by atoms with Crippen molar-refractivity contribution < 1.29 is 13.2 Å². The molecule has 3 aromatic carbocycles. The van der Waals surface area contributed by atoms with Crippen LogP contribution in [0.3, 0.4) is 0 Å². The Morgan fingerprint density at radius 3 is 2.00 bits per heavy atom. The van der Waals surface area contributed by atoms with E-state index in [1.54, 1.807) is 48.5 Å². The SMILES string of the molecule is Cc1ccc(S(=O)(=O)Nc2ccc(NC(=O)C3(c4ccc(Br)cc4)CC3)cc2)cc1. The Kier molecular flexibility index (Phi) is 5.42. The summed E-state index contributed by atoms with van der Waals surface area (Å²) < 4.78 is 28.6. The lowest BCUT2D eigenvalue weighted by molar-refractivity contribution is -0.118. The highest BCUT2D eigenvalue weighted by molar-refractivity contribution is 9.10. The van der Waals surface area contributed by atoms with Gasteiger partial charge in [-0.1, -0.05) is 45.8 Å². The summed E-state index contributed by atoms with van der Waals surface area (Å²) in [4.78, 5) is 13.1. The van der Waals surface area contributed by atoms with Gasteiger partial charge in [0.05, 0.1) is 10.3 Å². The average Bonchev–Trinajstić information content (AvgIpc) is 3.52. The zero-order chi connectivity index (χ0) is 21.4. The van der Waals surface area contributed by atoms with Gasteiger partial charge in [0.1, 0.15) is 0 Å². The van der Waals surface area contributed by atoms with Crippen molar-refractivity contribution in [1.29, 1.82) is 0 Å². The highest BCUT2D eigenvalue weighted by Gasteiger charge is 2.51. The Morgan fingerprint density at radius 2 is 1.43 bits per heavy atom. The van der Waals surface area contributed by atoms with Gasteiger partial charge in [-0.05, 0) is 73.9 Å². The number of rotatable bonds is 6. The highest BCUT2D eigenvalue weighted by atomic mass is 79.9. The van der Waals surface area contributed by atoms with Crippen LogP contribution in [0, 0.1) is 6.92 Å². The zero-order valence-corrected chi connectivity index (χ0v) is 18.8. The number of hydrogen-bond donors (Lipinski definition) is 2. The first kappa shape index (κ1) is 20.6. The summed E-state index contributed by atoms with van der Waals surface area (Å²) in [5, 5.41) is 2.96. The first-order chi connectivity index (χ1) is 14.3. The first-order valence-corrected chi connectivity index (χ1v) is 11.8. The summed E-state index contributed by atoms with van der Waals surface area (Å²) in [5.74, 6) is -0.0437. The molecule has 7 heteroatoms. The van der Waals surface area contributed by atoms with Crippen LogP contribution in [0.15, 0.2) is 82.2 Å². The highest BCUT2D eigenvalue weighted by Crippen LogP contribution is 2.49. The number of anilines is 2. The molecule has 0 aromatic heterocycles. The van der Waals surface area contributed by atoms with Crippen molar-refractivity contribution in [3.8, 4) is 0 Å². The normalized spacial score (nSPS) is 14.7. The van der Waals surface area contributed by atoms with E-state index in [0.717, 1.165) is 28.4 Å². The van der Waals surface area contributed by atoms with Gasteiger partial charge < -0.3 is 5.32 Å². The Labute approximate surface area is 184 Å². The quantitative estimate of drug-likeness (QED) is 0.502. The molecule has 0 aliphatic heterocycles. The van der Waals surface area contributed by atoms with Crippen LogP contribution in [0.25, 0.3) is 0 Å². The van der Waals surface area contributed by atoms with E-state index in [2.05, 4.69) is 26.0 Å². The van der Waals surface area contributed by atoms with Gasteiger partial charge in [-0.3, -0.25) is 9.52 Å². The molecule has 0 radical (unpaired) electrons. The molecule has 154 valence electrons. The molecular weight excluding hydrogens is 464 g/mol. The number of benzene rings is 3. The smallest absolute Gasteiger partial charge is 0.261 e. The van der Waals surface area contributed by atoms with E-state index in [1.165, 1.54) is 0 Å². The average molecular weight is 485 g/mol. The van der Waals surface area contributed by atoms with E-state index in [4.69, 9.17) is 0 Å². The summed E-state index contributed by atoms with van der Waals surface area (Å²) in [6, 6.07) is 21.2. The van der Waals surface area contributed by atoms with Crippen LogP contribution in [0.2, 0.25) is 0 Å². The molecule has 1 fully saturated rings. The number of carbonyl (C=O) groups is 1. The van der Waals surface area contributed by atoms with Crippen LogP contribution in [0.1, 0.15) is 24.0 Å². The fourth-order valence-electron chi connectivity index (χ4n) is 3.34. The zero-order valence-electron chi connectivity index (χ0n) is 16.4. The Morgan fingerprint density at radius 1 is 0.867 bits per heavy atom. The van der Waals surface area contributed by atoms with Crippen LogP contribution in [0.5, 0.6) is 0 Å². The van der Waals surface area contributed by atoms with Crippen LogP contribution in [-0.4, -0.2) is 14.3 Å². The summed E-state index contributed by atoms with van der Waals surface area (Å²) in [7, 11) is -3.66. The van der Waals surface area contributed by atoms with Crippen molar-refractivity contribution in [2.75, 3.05) is 10.0 Å². The molecular formula is C23H21BrN2O3S. The lowest BCUT2D eigenvalue weighted by Crippen LogP contribution is -2.27. The minimum atomic E-state index is -3.66.